The molecule has 3 aromatic rings. The molecule has 1 aliphatic carbocycles. The fourth-order valence-electron chi connectivity index (χ4n) is 5.01. The van der Waals surface area contributed by atoms with E-state index in [2.05, 4.69) is 51.1 Å². The Morgan fingerprint density at radius 2 is 1.17 bits per heavy atom. The van der Waals surface area contributed by atoms with Crippen molar-refractivity contribution in [3.63, 3.8) is 0 Å². The van der Waals surface area contributed by atoms with Crippen LogP contribution in [0.2, 0.25) is 0 Å². The van der Waals surface area contributed by atoms with E-state index in [1.807, 2.05) is 57.2 Å². The van der Waals surface area contributed by atoms with E-state index in [0.29, 0.717) is 6.42 Å². The minimum Gasteiger partial charge on any atom is -0.508 e. The van der Waals surface area contributed by atoms with Gasteiger partial charge in [0.25, 0.3) is 0 Å². The molecule has 0 radical (unpaired) electrons. The van der Waals surface area contributed by atoms with Crippen molar-refractivity contribution in [2.45, 2.75) is 64.4 Å². The van der Waals surface area contributed by atoms with Crippen LogP contribution in [0.3, 0.4) is 0 Å². The van der Waals surface area contributed by atoms with Gasteiger partial charge in [0, 0.05) is 10.8 Å². The lowest BCUT2D eigenvalue weighted by Crippen LogP contribution is -2.28. The second-order valence-corrected chi connectivity index (χ2v) is 10.9. The first-order valence-corrected chi connectivity index (χ1v) is 12.2. The summed E-state index contributed by atoms with van der Waals surface area (Å²) in [4.78, 5) is 0. The minimum absolute atomic E-state index is 0.202. The molecule has 4 rings (SSSR count). The molecule has 3 nitrogen and oxygen atoms in total. The molecule has 0 bridgehead atoms. The third kappa shape index (κ3) is 4.53. The molecule has 1 unspecified atom stereocenters. The number of rotatable bonds is 5. The summed E-state index contributed by atoms with van der Waals surface area (Å²) in [7, 11) is 0. The van der Waals surface area contributed by atoms with Gasteiger partial charge in [0.2, 0.25) is 0 Å². The molecule has 0 saturated carbocycles. The fraction of sp³-hybridized carbons (Fsp3) is 0.312. The zero-order valence-electron chi connectivity index (χ0n) is 21.6. The summed E-state index contributed by atoms with van der Waals surface area (Å²) in [6, 6.07) is 20.3. The lowest BCUT2D eigenvalue weighted by atomic mass is 9.69. The van der Waals surface area contributed by atoms with Crippen molar-refractivity contribution >= 4 is 0 Å². The summed E-state index contributed by atoms with van der Waals surface area (Å²) in [6.07, 6.45) is 6.67. The van der Waals surface area contributed by atoms with Crippen molar-refractivity contribution < 1.29 is 15.3 Å². The Balaban J connectivity index is 1.80. The topological polar surface area (TPSA) is 60.7 Å². The smallest absolute Gasteiger partial charge is 0.118 e. The quantitative estimate of drug-likeness (QED) is 0.354. The van der Waals surface area contributed by atoms with E-state index in [1.54, 1.807) is 12.1 Å². The van der Waals surface area contributed by atoms with Crippen molar-refractivity contribution in [2.24, 2.45) is 0 Å². The molecule has 0 heterocycles. The molecule has 0 fully saturated rings. The molecule has 3 heteroatoms. The van der Waals surface area contributed by atoms with Crippen LogP contribution >= 0.6 is 0 Å². The molecule has 1 atom stereocenters. The molecule has 1 aliphatic rings. The van der Waals surface area contributed by atoms with Crippen molar-refractivity contribution in [1.29, 1.82) is 0 Å². The van der Waals surface area contributed by atoms with Gasteiger partial charge < -0.3 is 15.3 Å². The van der Waals surface area contributed by atoms with Crippen LogP contribution in [-0.2, 0) is 10.8 Å². The summed E-state index contributed by atoms with van der Waals surface area (Å²) in [5, 5.41) is 30.6. The Morgan fingerprint density at radius 1 is 0.714 bits per heavy atom. The fourth-order valence-corrected chi connectivity index (χ4v) is 5.01. The van der Waals surface area contributed by atoms with E-state index in [4.69, 9.17) is 0 Å². The van der Waals surface area contributed by atoms with Crippen LogP contribution in [-0.4, -0.2) is 20.9 Å². The van der Waals surface area contributed by atoms with Crippen LogP contribution in [0, 0.1) is 13.8 Å². The molecule has 3 aromatic carbocycles. The highest BCUT2D eigenvalue weighted by molar-refractivity contribution is 5.55. The number of aliphatic hydroxyl groups is 1. The third-order valence-electron chi connectivity index (χ3n) is 7.81. The Kier molecular flexibility index (Phi) is 6.19. The van der Waals surface area contributed by atoms with E-state index in [-0.39, 0.29) is 16.9 Å². The average molecular weight is 469 g/mol. The molecule has 3 N–H and O–H groups in total. The maximum atomic E-state index is 10.3. The van der Waals surface area contributed by atoms with Gasteiger partial charge >= 0.3 is 0 Å². The van der Waals surface area contributed by atoms with Crippen molar-refractivity contribution in [1.82, 2.24) is 0 Å². The van der Waals surface area contributed by atoms with Gasteiger partial charge in [-0.2, -0.15) is 0 Å². The molecule has 0 aromatic heterocycles. The predicted octanol–water partition coefficient (Wildman–Crippen LogP) is 6.98. The van der Waals surface area contributed by atoms with E-state index >= 15 is 0 Å². The highest BCUT2D eigenvalue weighted by Crippen LogP contribution is 2.43. The highest BCUT2D eigenvalue weighted by Gasteiger charge is 2.33. The van der Waals surface area contributed by atoms with E-state index in [0.717, 1.165) is 27.8 Å². The minimum atomic E-state index is -0.782. The van der Waals surface area contributed by atoms with Crippen LogP contribution in [0.5, 0.6) is 11.5 Å². The van der Waals surface area contributed by atoms with E-state index < -0.39 is 11.0 Å². The first-order valence-electron chi connectivity index (χ1n) is 12.2. The predicted molar refractivity (Wildman–Crippen MR) is 143 cm³/mol. The standard InChI is InChI=1S/C32H36O3/c1-21-19-26(11-13-28(21)33)32(6,27-12-14-29(34)22(2)20-27)25-9-7-23(8-10-25)30(3,4)24-15-17-31(5,35)18-16-24/h7-17,19-20,33-35H,18H2,1-6H3. The monoisotopic (exact) mass is 468 g/mol. The molecule has 0 spiro atoms. The van der Waals surface area contributed by atoms with Gasteiger partial charge in [-0.15, -0.1) is 0 Å². The maximum Gasteiger partial charge on any atom is 0.118 e. The number of hydrogen-bond acceptors (Lipinski definition) is 3. The first-order chi connectivity index (χ1) is 16.3. The van der Waals surface area contributed by atoms with Crippen LogP contribution < -0.4 is 0 Å². The zero-order valence-corrected chi connectivity index (χ0v) is 21.6. The largest absolute Gasteiger partial charge is 0.508 e. The summed E-state index contributed by atoms with van der Waals surface area (Å²) in [5.41, 5.74) is 5.86. The van der Waals surface area contributed by atoms with Crippen molar-refractivity contribution in [3.8, 4) is 11.5 Å². The van der Waals surface area contributed by atoms with Crippen LogP contribution in [0.1, 0.15) is 67.5 Å². The van der Waals surface area contributed by atoms with Crippen LogP contribution in [0.15, 0.2) is 84.5 Å². The maximum absolute atomic E-state index is 10.3. The van der Waals surface area contributed by atoms with Gasteiger partial charge in [-0.25, -0.2) is 0 Å². The molecule has 35 heavy (non-hydrogen) atoms. The van der Waals surface area contributed by atoms with E-state index in [1.165, 1.54) is 11.1 Å². The normalized spacial score (nSPS) is 18.4. The third-order valence-corrected chi connectivity index (χ3v) is 7.81. The molecule has 0 saturated heterocycles. The summed E-state index contributed by atoms with van der Waals surface area (Å²) in [5.74, 6) is 0.561. The number of allylic oxidation sites excluding steroid dienone is 2. The molecule has 182 valence electrons. The second kappa shape index (κ2) is 8.73. The van der Waals surface area contributed by atoms with E-state index in [9.17, 15) is 15.3 Å². The van der Waals surface area contributed by atoms with Gasteiger partial charge in [0.05, 0.1) is 5.60 Å². The number of phenolic OH excluding ortho intramolecular Hbond substituents is 2. The lowest BCUT2D eigenvalue weighted by Gasteiger charge is -2.34. The van der Waals surface area contributed by atoms with Gasteiger partial charge in [0.15, 0.2) is 0 Å². The van der Waals surface area contributed by atoms with Gasteiger partial charge in [-0.05, 0) is 85.2 Å². The molecular weight excluding hydrogens is 432 g/mol. The molecule has 0 aliphatic heterocycles. The SMILES string of the molecule is Cc1cc(C(C)(c2ccc(C(C)(C)C3=CCC(C)(O)C=C3)cc2)c2ccc(O)c(C)c2)ccc1O. The number of aryl methyl sites for hydroxylation is 2. The van der Waals surface area contributed by atoms with Gasteiger partial charge in [-0.1, -0.05) is 80.6 Å². The summed E-state index contributed by atoms with van der Waals surface area (Å²) >= 11 is 0. The first kappa shape index (κ1) is 24.8. The number of hydrogen-bond donors (Lipinski definition) is 3. The Morgan fingerprint density at radius 3 is 1.60 bits per heavy atom. The van der Waals surface area contributed by atoms with Crippen LogP contribution in [0.4, 0.5) is 0 Å². The van der Waals surface area contributed by atoms with Crippen LogP contribution in [0.25, 0.3) is 0 Å². The Hall–Kier alpha value is -3.30. The Bertz CT molecular complexity index is 1260. The molecular formula is C32H36O3. The lowest BCUT2D eigenvalue weighted by molar-refractivity contribution is 0.113. The number of phenols is 2. The van der Waals surface area contributed by atoms with Crippen molar-refractivity contribution in [2.75, 3.05) is 0 Å². The average Bonchev–Trinajstić information content (AvgIpc) is 2.82. The highest BCUT2D eigenvalue weighted by atomic mass is 16.3. The number of benzene rings is 3. The summed E-state index contributed by atoms with van der Waals surface area (Å²) in [6.45, 7) is 12.3. The number of aromatic hydroxyl groups is 2. The second-order valence-electron chi connectivity index (χ2n) is 10.9. The van der Waals surface area contributed by atoms with Crippen molar-refractivity contribution in [3.05, 3.63) is 118 Å². The zero-order chi connectivity index (χ0) is 25.6. The Labute approximate surface area is 209 Å². The van der Waals surface area contributed by atoms with Gasteiger partial charge in [-0.3, -0.25) is 0 Å². The summed E-state index contributed by atoms with van der Waals surface area (Å²) < 4.78 is 0. The van der Waals surface area contributed by atoms with Gasteiger partial charge in [0.1, 0.15) is 11.5 Å². The molecule has 0 amide bonds.